The Morgan fingerprint density at radius 1 is 1.16 bits per heavy atom. The molecule has 0 aliphatic heterocycles. The first kappa shape index (κ1) is 17.9. The number of hydrogen-bond acceptors (Lipinski definition) is 4. The number of hydrogen-bond donors (Lipinski definition) is 1. The van der Waals surface area contributed by atoms with Crippen molar-refractivity contribution in [3.05, 3.63) is 64.4 Å². The van der Waals surface area contributed by atoms with Gasteiger partial charge in [-0.1, -0.05) is 29.3 Å². The van der Waals surface area contributed by atoms with Crippen molar-refractivity contribution in [2.24, 2.45) is 7.05 Å². The van der Waals surface area contributed by atoms with Crippen molar-refractivity contribution in [3.8, 4) is 11.4 Å². The van der Waals surface area contributed by atoms with Crippen molar-refractivity contribution in [3.63, 3.8) is 0 Å². The third-order valence-corrected chi connectivity index (χ3v) is 5.60. The highest BCUT2D eigenvalue weighted by molar-refractivity contribution is 7.89. The lowest BCUT2D eigenvalue weighted by atomic mass is 10.2. The summed E-state index contributed by atoms with van der Waals surface area (Å²) in [5.74, 6) is 0. The van der Waals surface area contributed by atoms with Crippen LogP contribution >= 0.6 is 23.2 Å². The fraction of sp³-hybridized carbons (Fsp3) is 0.125. The summed E-state index contributed by atoms with van der Waals surface area (Å²) in [6.07, 6.45) is 1.69. The quantitative estimate of drug-likeness (QED) is 0.717. The van der Waals surface area contributed by atoms with E-state index >= 15 is 0 Å². The molecule has 9 heteroatoms. The van der Waals surface area contributed by atoms with Crippen LogP contribution in [0.3, 0.4) is 0 Å². The Hall–Kier alpha value is -1.93. The SMILES string of the molecule is Cn1nc(CNS(=O)(=O)c2cc(Cl)ccc2Cl)cc1-c1ccccn1. The van der Waals surface area contributed by atoms with Crippen molar-refractivity contribution in [1.29, 1.82) is 0 Å². The minimum atomic E-state index is -3.81. The second-order valence-electron chi connectivity index (χ2n) is 5.26. The Morgan fingerprint density at radius 2 is 1.96 bits per heavy atom. The predicted octanol–water partition coefficient (Wildman–Crippen LogP) is 3.27. The van der Waals surface area contributed by atoms with E-state index in [9.17, 15) is 8.42 Å². The van der Waals surface area contributed by atoms with Crippen LogP contribution in [0.5, 0.6) is 0 Å². The first-order valence-corrected chi connectivity index (χ1v) is 9.50. The molecular weight excluding hydrogens is 383 g/mol. The highest BCUT2D eigenvalue weighted by Crippen LogP contribution is 2.25. The van der Waals surface area contributed by atoms with E-state index in [-0.39, 0.29) is 16.5 Å². The number of aromatic nitrogens is 3. The highest BCUT2D eigenvalue weighted by Gasteiger charge is 2.19. The standard InChI is InChI=1S/C16H14Cl2N4O2S/c1-22-15(14-4-2-3-7-19-14)9-12(21-22)10-20-25(23,24)16-8-11(17)5-6-13(16)18/h2-9,20H,10H2,1H3. The zero-order valence-corrected chi connectivity index (χ0v) is 15.5. The van der Waals surface area contributed by atoms with E-state index in [1.165, 1.54) is 18.2 Å². The minimum absolute atomic E-state index is 0.0197. The van der Waals surface area contributed by atoms with Gasteiger partial charge in [0, 0.05) is 18.3 Å². The van der Waals surface area contributed by atoms with Crippen molar-refractivity contribution in [2.45, 2.75) is 11.4 Å². The average molecular weight is 397 g/mol. The van der Waals surface area contributed by atoms with Gasteiger partial charge in [0.25, 0.3) is 0 Å². The molecule has 3 rings (SSSR count). The van der Waals surface area contributed by atoms with Crippen molar-refractivity contribution in [2.75, 3.05) is 0 Å². The van der Waals surface area contributed by atoms with Crippen LogP contribution in [0.25, 0.3) is 11.4 Å². The van der Waals surface area contributed by atoms with Gasteiger partial charge in [0.1, 0.15) is 4.90 Å². The van der Waals surface area contributed by atoms with Gasteiger partial charge in [-0.25, -0.2) is 13.1 Å². The maximum atomic E-state index is 12.4. The van der Waals surface area contributed by atoms with Gasteiger partial charge >= 0.3 is 0 Å². The lowest BCUT2D eigenvalue weighted by Crippen LogP contribution is -2.23. The summed E-state index contributed by atoms with van der Waals surface area (Å²) < 4.78 is 29.0. The van der Waals surface area contributed by atoms with Gasteiger partial charge in [-0.15, -0.1) is 0 Å². The van der Waals surface area contributed by atoms with E-state index in [4.69, 9.17) is 23.2 Å². The summed E-state index contributed by atoms with van der Waals surface area (Å²) in [7, 11) is -2.04. The van der Waals surface area contributed by atoms with E-state index in [0.29, 0.717) is 10.7 Å². The van der Waals surface area contributed by atoms with Crippen LogP contribution < -0.4 is 4.72 Å². The Kier molecular flexibility index (Phi) is 5.10. The zero-order valence-electron chi connectivity index (χ0n) is 13.1. The molecule has 0 aliphatic carbocycles. The number of halogens is 2. The van der Waals surface area contributed by atoms with E-state index in [2.05, 4.69) is 14.8 Å². The van der Waals surface area contributed by atoms with Crippen LogP contribution in [0.4, 0.5) is 0 Å². The highest BCUT2D eigenvalue weighted by atomic mass is 35.5. The maximum Gasteiger partial charge on any atom is 0.242 e. The number of pyridine rings is 1. The van der Waals surface area contributed by atoms with Gasteiger partial charge in [-0.2, -0.15) is 5.10 Å². The minimum Gasteiger partial charge on any atom is -0.266 e. The van der Waals surface area contributed by atoms with Crippen LogP contribution in [-0.2, 0) is 23.6 Å². The predicted molar refractivity (Wildman–Crippen MR) is 96.9 cm³/mol. The summed E-state index contributed by atoms with van der Waals surface area (Å²) in [6.45, 7) is 0.0197. The molecular formula is C16H14Cl2N4O2S. The average Bonchev–Trinajstić information content (AvgIpc) is 2.97. The summed E-state index contributed by atoms with van der Waals surface area (Å²) in [5, 5.41) is 4.71. The number of aryl methyl sites for hydroxylation is 1. The van der Waals surface area contributed by atoms with Gasteiger partial charge in [0.2, 0.25) is 10.0 Å². The Morgan fingerprint density at radius 3 is 2.68 bits per heavy atom. The van der Waals surface area contributed by atoms with Crippen molar-refractivity contribution in [1.82, 2.24) is 19.5 Å². The second-order valence-corrected chi connectivity index (χ2v) is 7.84. The first-order valence-electron chi connectivity index (χ1n) is 7.26. The van der Waals surface area contributed by atoms with E-state index in [1.807, 2.05) is 18.2 Å². The topological polar surface area (TPSA) is 76.9 Å². The van der Waals surface area contributed by atoms with Gasteiger partial charge in [0.15, 0.2) is 0 Å². The van der Waals surface area contributed by atoms with E-state index in [1.54, 1.807) is 24.0 Å². The largest absolute Gasteiger partial charge is 0.266 e. The normalized spacial score (nSPS) is 11.6. The summed E-state index contributed by atoms with van der Waals surface area (Å²) in [4.78, 5) is 4.20. The molecule has 0 saturated carbocycles. The van der Waals surface area contributed by atoms with Gasteiger partial charge in [-0.05, 0) is 36.4 Å². The van der Waals surface area contributed by atoms with Crippen molar-refractivity contribution >= 4 is 33.2 Å². The van der Waals surface area contributed by atoms with Crippen LogP contribution in [0.2, 0.25) is 10.0 Å². The molecule has 0 saturated heterocycles. The Labute approximate surface area is 155 Å². The lowest BCUT2D eigenvalue weighted by Gasteiger charge is -2.07. The molecule has 0 fully saturated rings. The second kappa shape index (κ2) is 7.13. The molecule has 0 aliphatic rings. The number of nitrogens with zero attached hydrogens (tertiary/aromatic N) is 3. The zero-order chi connectivity index (χ0) is 18.0. The van der Waals surface area contributed by atoms with Gasteiger partial charge < -0.3 is 0 Å². The third kappa shape index (κ3) is 4.01. The van der Waals surface area contributed by atoms with Gasteiger partial charge in [0.05, 0.1) is 28.6 Å². The molecule has 1 aromatic carbocycles. The molecule has 0 bridgehead atoms. The summed E-state index contributed by atoms with van der Waals surface area (Å²) in [6, 6.07) is 11.6. The number of sulfonamides is 1. The molecule has 0 amide bonds. The smallest absolute Gasteiger partial charge is 0.242 e. The van der Waals surface area contributed by atoms with Crippen LogP contribution in [-0.4, -0.2) is 23.2 Å². The fourth-order valence-corrected chi connectivity index (χ4v) is 4.06. The molecule has 130 valence electrons. The van der Waals surface area contributed by atoms with Crippen LogP contribution in [0.15, 0.2) is 53.6 Å². The van der Waals surface area contributed by atoms with Gasteiger partial charge in [-0.3, -0.25) is 9.67 Å². The van der Waals surface area contributed by atoms with E-state index in [0.717, 1.165) is 11.4 Å². The summed E-state index contributed by atoms with van der Waals surface area (Å²) >= 11 is 11.8. The van der Waals surface area contributed by atoms with Crippen molar-refractivity contribution < 1.29 is 8.42 Å². The molecule has 2 aromatic heterocycles. The summed E-state index contributed by atoms with van der Waals surface area (Å²) in [5.41, 5.74) is 2.10. The first-order chi connectivity index (χ1) is 11.9. The molecule has 3 aromatic rings. The fourth-order valence-electron chi connectivity index (χ4n) is 2.30. The number of rotatable bonds is 5. The molecule has 0 radical (unpaired) electrons. The Bertz CT molecular complexity index is 1000. The Balaban J connectivity index is 1.81. The molecule has 0 atom stereocenters. The molecule has 6 nitrogen and oxygen atoms in total. The molecule has 1 N–H and O–H groups in total. The third-order valence-electron chi connectivity index (χ3n) is 3.48. The monoisotopic (exact) mass is 396 g/mol. The maximum absolute atomic E-state index is 12.4. The molecule has 2 heterocycles. The number of nitrogens with one attached hydrogen (secondary N) is 1. The van der Waals surface area contributed by atoms with Crippen LogP contribution in [0.1, 0.15) is 5.69 Å². The number of benzene rings is 1. The molecule has 0 spiro atoms. The molecule has 0 unspecified atom stereocenters. The lowest BCUT2D eigenvalue weighted by molar-refractivity contribution is 0.579. The molecule has 25 heavy (non-hydrogen) atoms. The van der Waals surface area contributed by atoms with Crippen LogP contribution in [0, 0.1) is 0 Å². The van der Waals surface area contributed by atoms with E-state index < -0.39 is 10.0 Å².